The third kappa shape index (κ3) is 2.81. The number of H-pyrrole nitrogens is 1. The summed E-state index contributed by atoms with van der Waals surface area (Å²) in [5.41, 5.74) is 2.30. The van der Waals surface area contributed by atoms with Gasteiger partial charge >= 0.3 is 0 Å². The second-order valence-corrected chi connectivity index (χ2v) is 4.71. The van der Waals surface area contributed by atoms with E-state index >= 15 is 0 Å². The first-order valence-corrected chi connectivity index (χ1v) is 5.63. The Hall–Kier alpha value is -1.33. The Morgan fingerprint density at radius 1 is 1.40 bits per heavy atom. The van der Waals surface area contributed by atoms with E-state index in [9.17, 15) is 0 Å². The SMILES string of the molecule is Cc1ccc(/C=N/c2n[nH]c(=S)s2)cc1. The fourth-order valence-corrected chi connectivity index (χ4v) is 1.78. The van der Waals surface area contributed by atoms with Crippen LogP contribution in [0.5, 0.6) is 0 Å². The lowest BCUT2D eigenvalue weighted by molar-refractivity contribution is 1.07. The molecule has 0 unspecified atom stereocenters. The van der Waals surface area contributed by atoms with Gasteiger partial charge < -0.3 is 0 Å². The van der Waals surface area contributed by atoms with Crippen LogP contribution in [0.15, 0.2) is 29.3 Å². The molecule has 0 aliphatic carbocycles. The lowest BCUT2D eigenvalue weighted by Gasteiger charge is -1.92. The van der Waals surface area contributed by atoms with Crippen molar-refractivity contribution in [2.24, 2.45) is 4.99 Å². The van der Waals surface area contributed by atoms with Gasteiger partial charge in [0.2, 0.25) is 5.13 Å². The lowest BCUT2D eigenvalue weighted by Crippen LogP contribution is -1.80. The molecule has 0 aliphatic rings. The van der Waals surface area contributed by atoms with E-state index in [2.05, 4.69) is 22.1 Å². The van der Waals surface area contributed by atoms with Crippen molar-refractivity contribution < 1.29 is 0 Å². The second-order valence-electron chi connectivity index (χ2n) is 3.06. The van der Waals surface area contributed by atoms with Gasteiger partial charge in [0.15, 0.2) is 3.95 Å². The summed E-state index contributed by atoms with van der Waals surface area (Å²) in [6, 6.07) is 8.14. The third-order valence-electron chi connectivity index (χ3n) is 1.83. The molecule has 76 valence electrons. The van der Waals surface area contributed by atoms with E-state index in [1.807, 2.05) is 24.3 Å². The molecule has 1 aromatic heterocycles. The van der Waals surface area contributed by atoms with Crippen LogP contribution in [-0.4, -0.2) is 16.4 Å². The minimum absolute atomic E-state index is 0.644. The Labute approximate surface area is 96.5 Å². The minimum atomic E-state index is 0.644. The summed E-state index contributed by atoms with van der Waals surface area (Å²) in [5.74, 6) is 0. The number of benzene rings is 1. The van der Waals surface area contributed by atoms with Gasteiger partial charge in [-0.3, -0.25) is 5.10 Å². The van der Waals surface area contributed by atoms with Crippen LogP contribution in [0.4, 0.5) is 5.13 Å². The van der Waals surface area contributed by atoms with Crippen molar-refractivity contribution in [1.82, 2.24) is 10.2 Å². The van der Waals surface area contributed by atoms with Gasteiger partial charge in [0, 0.05) is 6.21 Å². The Kier molecular flexibility index (Phi) is 3.03. The van der Waals surface area contributed by atoms with Crippen molar-refractivity contribution in [3.8, 4) is 0 Å². The Balaban J connectivity index is 2.18. The number of hydrogen-bond donors (Lipinski definition) is 1. The van der Waals surface area contributed by atoms with Gasteiger partial charge in [0.05, 0.1) is 0 Å². The summed E-state index contributed by atoms with van der Waals surface area (Å²) < 4.78 is 0.644. The number of aromatic amines is 1. The van der Waals surface area contributed by atoms with E-state index in [0.29, 0.717) is 9.09 Å². The van der Waals surface area contributed by atoms with Gasteiger partial charge in [-0.2, -0.15) is 0 Å². The number of nitrogens with zero attached hydrogens (tertiary/aromatic N) is 2. The summed E-state index contributed by atoms with van der Waals surface area (Å²) in [7, 11) is 0. The van der Waals surface area contributed by atoms with Crippen molar-refractivity contribution in [2.45, 2.75) is 6.92 Å². The quantitative estimate of drug-likeness (QED) is 0.641. The summed E-state index contributed by atoms with van der Waals surface area (Å²) in [6.07, 6.45) is 1.78. The number of aryl methyl sites for hydroxylation is 1. The summed E-state index contributed by atoms with van der Waals surface area (Å²) >= 11 is 6.27. The lowest BCUT2D eigenvalue weighted by atomic mass is 10.2. The van der Waals surface area contributed by atoms with Crippen LogP contribution in [0.3, 0.4) is 0 Å². The molecule has 0 amide bonds. The van der Waals surface area contributed by atoms with E-state index in [0.717, 1.165) is 5.56 Å². The molecule has 0 atom stereocenters. The summed E-state index contributed by atoms with van der Waals surface area (Å²) in [4.78, 5) is 4.21. The average Bonchev–Trinajstić information content (AvgIpc) is 2.64. The molecule has 1 N–H and O–H groups in total. The Morgan fingerprint density at radius 2 is 2.13 bits per heavy atom. The van der Waals surface area contributed by atoms with E-state index in [4.69, 9.17) is 12.2 Å². The summed E-state index contributed by atoms with van der Waals surface area (Å²) in [5, 5.41) is 7.28. The highest BCUT2D eigenvalue weighted by atomic mass is 32.1. The van der Waals surface area contributed by atoms with E-state index < -0.39 is 0 Å². The van der Waals surface area contributed by atoms with Crippen LogP contribution in [0.25, 0.3) is 0 Å². The maximum absolute atomic E-state index is 4.91. The smallest absolute Gasteiger partial charge is 0.230 e. The monoisotopic (exact) mass is 235 g/mol. The maximum atomic E-state index is 4.91. The highest BCUT2D eigenvalue weighted by Crippen LogP contribution is 2.14. The molecule has 0 radical (unpaired) electrons. The zero-order valence-corrected chi connectivity index (χ0v) is 9.73. The molecular weight excluding hydrogens is 226 g/mol. The van der Waals surface area contributed by atoms with Crippen LogP contribution in [0, 0.1) is 10.9 Å². The van der Waals surface area contributed by atoms with Crippen LogP contribution in [-0.2, 0) is 0 Å². The van der Waals surface area contributed by atoms with Crippen molar-refractivity contribution in [3.05, 3.63) is 39.3 Å². The van der Waals surface area contributed by atoms with Crippen molar-refractivity contribution in [3.63, 3.8) is 0 Å². The molecule has 3 nitrogen and oxygen atoms in total. The van der Waals surface area contributed by atoms with Crippen molar-refractivity contribution >= 4 is 34.9 Å². The first-order chi connectivity index (χ1) is 7.24. The third-order valence-corrected chi connectivity index (χ3v) is 2.83. The van der Waals surface area contributed by atoms with E-state index in [-0.39, 0.29) is 0 Å². The molecule has 5 heteroatoms. The molecule has 0 spiro atoms. The maximum Gasteiger partial charge on any atom is 0.230 e. The summed E-state index contributed by atoms with van der Waals surface area (Å²) in [6.45, 7) is 2.06. The zero-order valence-electron chi connectivity index (χ0n) is 8.10. The topological polar surface area (TPSA) is 41.0 Å². The minimum Gasteiger partial charge on any atom is -0.256 e. The number of nitrogens with one attached hydrogen (secondary N) is 1. The molecule has 2 rings (SSSR count). The molecule has 0 bridgehead atoms. The number of rotatable bonds is 2. The van der Waals surface area contributed by atoms with Crippen molar-refractivity contribution in [2.75, 3.05) is 0 Å². The van der Waals surface area contributed by atoms with Gasteiger partial charge in [0.1, 0.15) is 0 Å². The predicted octanol–water partition coefficient (Wildman–Crippen LogP) is 3.26. The predicted molar refractivity (Wildman–Crippen MR) is 65.7 cm³/mol. The normalized spacial score (nSPS) is 11.0. The standard InChI is InChI=1S/C10H9N3S2/c1-7-2-4-8(5-3-7)6-11-9-12-13-10(14)15-9/h2-6H,1H3,(H,13,14)/b11-6+. The first kappa shape index (κ1) is 10.2. The van der Waals surface area contributed by atoms with Crippen LogP contribution in [0.1, 0.15) is 11.1 Å². The fraction of sp³-hybridized carbons (Fsp3) is 0.100. The molecule has 15 heavy (non-hydrogen) atoms. The zero-order chi connectivity index (χ0) is 10.7. The molecule has 0 saturated heterocycles. The first-order valence-electron chi connectivity index (χ1n) is 4.40. The highest BCUT2D eigenvalue weighted by molar-refractivity contribution is 7.73. The average molecular weight is 235 g/mol. The van der Waals surface area contributed by atoms with Gasteiger partial charge in [-0.25, -0.2) is 4.99 Å². The number of hydrogen-bond acceptors (Lipinski definition) is 4. The molecule has 0 saturated carbocycles. The second kappa shape index (κ2) is 4.46. The molecule has 2 aromatic rings. The Morgan fingerprint density at radius 3 is 2.73 bits per heavy atom. The number of aromatic nitrogens is 2. The van der Waals surface area contributed by atoms with Gasteiger partial charge in [-0.1, -0.05) is 41.2 Å². The van der Waals surface area contributed by atoms with Gasteiger partial charge in [0.25, 0.3) is 0 Å². The molecule has 1 aromatic carbocycles. The van der Waals surface area contributed by atoms with Crippen molar-refractivity contribution in [1.29, 1.82) is 0 Å². The van der Waals surface area contributed by atoms with Gasteiger partial charge in [-0.15, -0.1) is 5.10 Å². The van der Waals surface area contributed by atoms with Crippen LogP contribution >= 0.6 is 23.6 Å². The van der Waals surface area contributed by atoms with E-state index in [1.165, 1.54) is 16.9 Å². The number of aliphatic imine (C=N–C) groups is 1. The largest absolute Gasteiger partial charge is 0.256 e. The Bertz CT molecular complexity index is 522. The molecule has 0 fully saturated rings. The highest BCUT2D eigenvalue weighted by Gasteiger charge is 1.92. The van der Waals surface area contributed by atoms with Crippen LogP contribution in [0.2, 0.25) is 0 Å². The molecule has 0 aliphatic heterocycles. The van der Waals surface area contributed by atoms with Crippen LogP contribution < -0.4 is 0 Å². The molecule has 1 heterocycles. The molecular formula is C10H9N3S2. The fourth-order valence-electron chi connectivity index (χ4n) is 1.06. The van der Waals surface area contributed by atoms with Gasteiger partial charge in [-0.05, 0) is 24.7 Å². The van der Waals surface area contributed by atoms with E-state index in [1.54, 1.807) is 6.21 Å².